The number of thiophene rings is 1. The Labute approximate surface area is 161 Å². The molecule has 0 aliphatic carbocycles. The summed E-state index contributed by atoms with van der Waals surface area (Å²) >= 11 is 1.60. The van der Waals surface area contributed by atoms with E-state index in [4.69, 9.17) is 0 Å². The van der Waals surface area contributed by atoms with Crippen molar-refractivity contribution < 1.29 is 4.79 Å². The highest BCUT2D eigenvalue weighted by Crippen LogP contribution is 2.20. The molecule has 2 heterocycles. The zero-order valence-corrected chi connectivity index (χ0v) is 15.4. The van der Waals surface area contributed by atoms with Crippen molar-refractivity contribution in [3.63, 3.8) is 0 Å². The first-order valence-electron chi connectivity index (χ1n) is 8.78. The smallest absolute Gasteiger partial charge is 0.244 e. The number of aromatic nitrogens is 2. The lowest BCUT2D eigenvalue weighted by molar-refractivity contribution is -0.117. The maximum Gasteiger partial charge on any atom is 0.244 e. The van der Waals surface area contributed by atoms with E-state index >= 15 is 0 Å². The summed E-state index contributed by atoms with van der Waals surface area (Å²) in [5, 5.41) is 5.08. The summed E-state index contributed by atoms with van der Waals surface area (Å²) in [4.78, 5) is 21.6. The molecule has 2 aromatic heterocycles. The van der Waals surface area contributed by atoms with Crippen LogP contribution in [0, 0.1) is 0 Å². The number of carbonyl (C=O) groups excluding carboxylic acids is 1. The number of para-hydroxylation sites is 2. The van der Waals surface area contributed by atoms with Crippen LogP contribution in [-0.2, 0) is 11.2 Å². The number of aromatic amines is 1. The molecule has 0 aliphatic heterocycles. The minimum atomic E-state index is -0.236. The molecule has 0 saturated heterocycles. The lowest BCUT2D eigenvalue weighted by atomic mass is 10.1. The maximum atomic E-state index is 12.5. The Morgan fingerprint density at radius 3 is 2.67 bits per heavy atom. The number of hydrogen-bond donors (Lipinski definition) is 2. The Balaban J connectivity index is 1.58. The summed E-state index contributed by atoms with van der Waals surface area (Å²) in [5.41, 5.74) is 3.01. The normalized spacial score (nSPS) is 12.4. The molecule has 0 radical (unpaired) electrons. The number of nitrogens with zero attached hydrogens (tertiary/aromatic N) is 1. The monoisotopic (exact) mass is 373 g/mol. The van der Waals surface area contributed by atoms with Crippen LogP contribution in [0.5, 0.6) is 0 Å². The highest BCUT2D eigenvalue weighted by atomic mass is 32.1. The van der Waals surface area contributed by atoms with Crippen LogP contribution in [0.2, 0.25) is 0 Å². The van der Waals surface area contributed by atoms with E-state index in [0.717, 1.165) is 27.3 Å². The first kappa shape index (κ1) is 17.2. The second kappa shape index (κ2) is 8.01. The first-order chi connectivity index (χ1) is 13.3. The number of carbonyl (C=O) groups is 1. The molecule has 1 unspecified atom stereocenters. The van der Waals surface area contributed by atoms with Crippen LogP contribution in [0.1, 0.15) is 22.3 Å². The minimum Gasteiger partial charge on any atom is -0.342 e. The molecule has 134 valence electrons. The Bertz CT molecular complexity index is 1020. The van der Waals surface area contributed by atoms with E-state index in [1.165, 1.54) is 0 Å². The van der Waals surface area contributed by atoms with E-state index in [1.54, 1.807) is 17.4 Å². The third kappa shape index (κ3) is 4.33. The SMILES string of the molecule is O=C(/C=C/c1cccs1)NC(Cc1ccccc1)c1nc2ccccc2[nH]1. The predicted octanol–water partition coefficient (Wildman–Crippen LogP) is 4.74. The van der Waals surface area contributed by atoms with E-state index in [0.29, 0.717) is 6.42 Å². The lowest BCUT2D eigenvalue weighted by Crippen LogP contribution is -2.29. The van der Waals surface area contributed by atoms with Gasteiger partial charge in [-0.3, -0.25) is 4.79 Å². The van der Waals surface area contributed by atoms with E-state index in [1.807, 2.05) is 66.1 Å². The van der Waals surface area contributed by atoms with Crippen LogP contribution in [0.3, 0.4) is 0 Å². The van der Waals surface area contributed by atoms with Gasteiger partial charge in [-0.1, -0.05) is 48.5 Å². The summed E-state index contributed by atoms with van der Waals surface area (Å²) in [6.07, 6.45) is 4.07. The quantitative estimate of drug-likeness (QED) is 0.480. The molecule has 2 N–H and O–H groups in total. The highest BCUT2D eigenvalue weighted by Gasteiger charge is 2.18. The number of nitrogens with one attached hydrogen (secondary N) is 2. The molecule has 5 heteroatoms. The molecule has 27 heavy (non-hydrogen) atoms. The highest BCUT2D eigenvalue weighted by molar-refractivity contribution is 7.10. The van der Waals surface area contributed by atoms with Crippen molar-refractivity contribution in [2.45, 2.75) is 12.5 Å². The fourth-order valence-electron chi connectivity index (χ4n) is 2.97. The number of imidazole rings is 1. The second-order valence-electron chi connectivity index (χ2n) is 6.24. The predicted molar refractivity (Wildman–Crippen MR) is 110 cm³/mol. The molecule has 1 atom stereocenters. The first-order valence-corrected chi connectivity index (χ1v) is 9.66. The molecule has 1 amide bonds. The number of hydrogen-bond acceptors (Lipinski definition) is 3. The van der Waals surface area contributed by atoms with Gasteiger partial charge < -0.3 is 10.3 Å². The molecule has 0 spiro atoms. The van der Waals surface area contributed by atoms with E-state index in [9.17, 15) is 4.79 Å². The van der Waals surface area contributed by atoms with Crippen LogP contribution in [-0.4, -0.2) is 15.9 Å². The van der Waals surface area contributed by atoms with Crippen LogP contribution in [0.4, 0.5) is 0 Å². The molecular weight excluding hydrogens is 354 g/mol. The zero-order chi connectivity index (χ0) is 18.5. The van der Waals surface area contributed by atoms with Gasteiger partial charge in [0.15, 0.2) is 0 Å². The molecule has 0 fully saturated rings. The van der Waals surface area contributed by atoms with Gasteiger partial charge in [-0.25, -0.2) is 4.98 Å². The zero-order valence-electron chi connectivity index (χ0n) is 14.6. The molecule has 0 saturated carbocycles. The average Bonchev–Trinajstić information content (AvgIpc) is 3.36. The van der Waals surface area contributed by atoms with Crippen LogP contribution in [0.25, 0.3) is 17.1 Å². The third-order valence-electron chi connectivity index (χ3n) is 4.28. The van der Waals surface area contributed by atoms with Crippen molar-refractivity contribution in [2.75, 3.05) is 0 Å². The van der Waals surface area contributed by atoms with Crippen LogP contribution in [0.15, 0.2) is 78.2 Å². The third-order valence-corrected chi connectivity index (χ3v) is 5.12. The van der Waals surface area contributed by atoms with Crippen molar-refractivity contribution in [1.29, 1.82) is 0 Å². The summed E-state index contributed by atoms with van der Waals surface area (Å²) < 4.78 is 0. The van der Waals surface area contributed by atoms with E-state index < -0.39 is 0 Å². The van der Waals surface area contributed by atoms with Gasteiger partial charge in [0.25, 0.3) is 0 Å². The fraction of sp³-hybridized carbons (Fsp3) is 0.0909. The lowest BCUT2D eigenvalue weighted by Gasteiger charge is -2.16. The topological polar surface area (TPSA) is 57.8 Å². The number of H-pyrrole nitrogens is 1. The number of amides is 1. The molecule has 4 aromatic rings. The molecule has 4 rings (SSSR count). The number of rotatable bonds is 6. The largest absolute Gasteiger partial charge is 0.342 e. The van der Waals surface area contributed by atoms with Crippen LogP contribution < -0.4 is 5.32 Å². The van der Waals surface area contributed by atoms with Gasteiger partial charge in [-0.15, -0.1) is 11.3 Å². The van der Waals surface area contributed by atoms with Gasteiger partial charge in [-0.05, 0) is 41.6 Å². The van der Waals surface area contributed by atoms with Gasteiger partial charge in [0.05, 0.1) is 17.1 Å². The van der Waals surface area contributed by atoms with Gasteiger partial charge in [0.2, 0.25) is 5.91 Å². The minimum absolute atomic E-state index is 0.134. The summed E-state index contributed by atoms with van der Waals surface area (Å²) in [6.45, 7) is 0. The molecule has 2 aromatic carbocycles. The Morgan fingerprint density at radius 1 is 1.07 bits per heavy atom. The number of fused-ring (bicyclic) bond motifs is 1. The number of benzene rings is 2. The standard InChI is InChI=1S/C22H19N3OS/c26-21(13-12-17-9-6-14-27-17)23-20(15-16-7-2-1-3-8-16)22-24-18-10-4-5-11-19(18)25-22/h1-14,20H,15H2,(H,23,26)(H,24,25)/b13-12+. The van der Waals surface area contributed by atoms with Gasteiger partial charge in [-0.2, -0.15) is 0 Å². The second-order valence-corrected chi connectivity index (χ2v) is 7.22. The Kier molecular flexibility index (Phi) is 5.12. The van der Waals surface area contributed by atoms with Crippen LogP contribution >= 0.6 is 11.3 Å². The Morgan fingerprint density at radius 2 is 1.89 bits per heavy atom. The van der Waals surface area contributed by atoms with Crippen molar-refractivity contribution in [2.24, 2.45) is 0 Å². The van der Waals surface area contributed by atoms with Crippen molar-refractivity contribution in [3.05, 3.63) is 94.5 Å². The summed E-state index contributed by atoms with van der Waals surface area (Å²) in [6, 6.07) is 21.7. The van der Waals surface area contributed by atoms with E-state index in [-0.39, 0.29) is 11.9 Å². The molecule has 0 aliphatic rings. The summed E-state index contributed by atoms with van der Waals surface area (Å²) in [5.74, 6) is 0.628. The van der Waals surface area contributed by atoms with Gasteiger partial charge in [0.1, 0.15) is 5.82 Å². The molecule has 4 nitrogen and oxygen atoms in total. The van der Waals surface area contributed by atoms with Crippen molar-refractivity contribution in [3.8, 4) is 0 Å². The summed E-state index contributed by atoms with van der Waals surface area (Å²) in [7, 11) is 0. The molecule has 0 bridgehead atoms. The molecular formula is C22H19N3OS. The average molecular weight is 373 g/mol. The van der Waals surface area contributed by atoms with E-state index in [2.05, 4.69) is 27.4 Å². The van der Waals surface area contributed by atoms with Crippen molar-refractivity contribution >= 4 is 34.4 Å². The fourth-order valence-corrected chi connectivity index (χ4v) is 3.59. The Hall–Kier alpha value is -3.18. The van der Waals surface area contributed by atoms with Gasteiger partial charge >= 0.3 is 0 Å². The van der Waals surface area contributed by atoms with Crippen molar-refractivity contribution in [1.82, 2.24) is 15.3 Å². The maximum absolute atomic E-state index is 12.5. The van der Waals surface area contributed by atoms with Gasteiger partial charge in [0, 0.05) is 11.0 Å².